The summed E-state index contributed by atoms with van der Waals surface area (Å²) in [5.74, 6) is 0.366. The van der Waals surface area contributed by atoms with Gasteiger partial charge < -0.3 is 10.3 Å². The normalized spacial score (nSPS) is 9.75. The summed E-state index contributed by atoms with van der Waals surface area (Å²) in [6, 6.07) is 1.92. The number of rotatable bonds is 4. The Morgan fingerprint density at radius 2 is 2.50 bits per heavy atom. The lowest BCUT2D eigenvalue weighted by molar-refractivity contribution is -0.120. The van der Waals surface area contributed by atoms with Crippen LogP contribution in [-0.2, 0) is 11.3 Å². The van der Waals surface area contributed by atoms with Crippen LogP contribution in [0.15, 0.2) is 18.5 Å². The molecule has 0 aliphatic rings. The zero-order chi connectivity index (χ0) is 8.81. The van der Waals surface area contributed by atoms with Crippen LogP contribution in [0.2, 0.25) is 0 Å². The minimum absolute atomic E-state index is 0.00815. The van der Waals surface area contributed by atoms with Crippen molar-refractivity contribution in [3.63, 3.8) is 0 Å². The Bertz CT molecular complexity index is 233. The summed E-state index contributed by atoms with van der Waals surface area (Å²) in [5.41, 5.74) is 1.07. The highest BCUT2D eigenvalue weighted by atomic mass is 35.5. The Morgan fingerprint density at radius 3 is 3.08 bits per heavy atom. The van der Waals surface area contributed by atoms with Gasteiger partial charge in [0, 0.05) is 31.2 Å². The zero-order valence-electron chi connectivity index (χ0n) is 6.64. The zero-order valence-corrected chi connectivity index (χ0v) is 7.40. The first kappa shape index (κ1) is 9.13. The van der Waals surface area contributed by atoms with E-state index < -0.39 is 0 Å². The number of carbonyl (C=O) groups is 1. The molecule has 0 fully saturated rings. The van der Waals surface area contributed by atoms with Crippen LogP contribution < -0.4 is 5.32 Å². The van der Waals surface area contributed by atoms with Gasteiger partial charge in [0.25, 0.3) is 0 Å². The number of aromatic nitrogens is 1. The van der Waals surface area contributed by atoms with Gasteiger partial charge in [-0.25, -0.2) is 0 Å². The second-order valence-electron chi connectivity index (χ2n) is 2.43. The summed E-state index contributed by atoms with van der Waals surface area (Å²) in [4.78, 5) is 13.8. The number of alkyl halides is 1. The number of halogens is 1. The van der Waals surface area contributed by atoms with E-state index in [0.717, 1.165) is 5.56 Å². The number of carbonyl (C=O) groups excluding carboxylic acids is 1. The van der Waals surface area contributed by atoms with Crippen molar-refractivity contribution in [1.29, 1.82) is 0 Å². The van der Waals surface area contributed by atoms with Crippen molar-refractivity contribution >= 4 is 17.5 Å². The highest BCUT2D eigenvalue weighted by molar-refractivity contribution is 6.18. The minimum atomic E-state index is -0.00815. The molecule has 12 heavy (non-hydrogen) atoms. The molecular weight excluding hydrogens is 176 g/mol. The number of amides is 1. The average molecular weight is 187 g/mol. The molecule has 0 radical (unpaired) electrons. The van der Waals surface area contributed by atoms with Crippen LogP contribution in [0.1, 0.15) is 12.0 Å². The van der Waals surface area contributed by atoms with E-state index in [0.29, 0.717) is 18.8 Å². The Morgan fingerprint density at radius 1 is 1.67 bits per heavy atom. The second kappa shape index (κ2) is 4.83. The van der Waals surface area contributed by atoms with Gasteiger partial charge in [-0.05, 0) is 11.6 Å². The van der Waals surface area contributed by atoms with Crippen molar-refractivity contribution in [3.8, 4) is 0 Å². The maximum absolute atomic E-state index is 10.9. The van der Waals surface area contributed by atoms with Gasteiger partial charge in [0.2, 0.25) is 5.91 Å². The molecule has 0 saturated carbocycles. The maximum atomic E-state index is 10.9. The van der Waals surface area contributed by atoms with Crippen LogP contribution in [0.5, 0.6) is 0 Å². The van der Waals surface area contributed by atoms with E-state index >= 15 is 0 Å². The van der Waals surface area contributed by atoms with Crippen LogP contribution in [0.3, 0.4) is 0 Å². The second-order valence-corrected chi connectivity index (χ2v) is 2.81. The molecule has 0 saturated heterocycles. The molecule has 0 aliphatic carbocycles. The monoisotopic (exact) mass is 186 g/mol. The van der Waals surface area contributed by atoms with Crippen LogP contribution in [-0.4, -0.2) is 16.8 Å². The maximum Gasteiger partial charge on any atom is 0.221 e. The number of aromatic amines is 1. The first-order chi connectivity index (χ1) is 5.83. The fourth-order valence-electron chi connectivity index (χ4n) is 0.843. The third kappa shape index (κ3) is 2.96. The third-order valence-electron chi connectivity index (χ3n) is 1.47. The molecule has 0 atom stereocenters. The van der Waals surface area contributed by atoms with E-state index in [9.17, 15) is 4.79 Å². The molecule has 1 heterocycles. The number of hydrogen-bond donors (Lipinski definition) is 2. The van der Waals surface area contributed by atoms with Crippen LogP contribution in [0.25, 0.3) is 0 Å². The van der Waals surface area contributed by atoms with Crippen molar-refractivity contribution in [3.05, 3.63) is 24.0 Å². The van der Waals surface area contributed by atoms with Gasteiger partial charge in [0.1, 0.15) is 0 Å². The number of H-pyrrole nitrogens is 1. The summed E-state index contributed by atoms with van der Waals surface area (Å²) >= 11 is 5.39. The summed E-state index contributed by atoms with van der Waals surface area (Å²) < 4.78 is 0. The van der Waals surface area contributed by atoms with Crippen molar-refractivity contribution in [2.75, 3.05) is 5.88 Å². The Hall–Kier alpha value is -0.960. The fourth-order valence-corrected chi connectivity index (χ4v) is 1.01. The molecule has 0 bridgehead atoms. The van der Waals surface area contributed by atoms with E-state index in [-0.39, 0.29) is 5.91 Å². The Balaban J connectivity index is 2.22. The molecule has 2 N–H and O–H groups in total. The lowest BCUT2D eigenvalue weighted by atomic mass is 10.3. The van der Waals surface area contributed by atoms with E-state index in [1.54, 1.807) is 0 Å². The quantitative estimate of drug-likeness (QED) is 0.684. The predicted molar refractivity (Wildman–Crippen MR) is 48.0 cm³/mol. The van der Waals surface area contributed by atoms with E-state index in [2.05, 4.69) is 10.3 Å². The van der Waals surface area contributed by atoms with Crippen molar-refractivity contribution in [1.82, 2.24) is 10.3 Å². The lowest BCUT2D eigenvalue weighted by Gasteiger charge is -2.00. The first-order valence-electron chi connectivity index (χ1n) is 3.77. The molecule has 1 rings (SSSR count). The Labute approximate surface area is 76.1 Å². The van der Waals surface area contributed by atoms with Gasteiger partial charge >= 0.3 is 0 Å². The predicted octanol–water partition coefficient (Wildman–Crippen LogP) is 1.26. The molecule has 0 aromatic carbocycles. The van der Waals surface area contributed by atoms with Crippen molar-refractivity contribution in [2.45, 2.75) is 13.0 Å². The van der Waals surface area contributed by atoms with E-state index in [1.807, 2.05) is 18.5 Å². The van der Waals surface area contributed by atoms with E-state index in [4.69, 9.17) is 11.6 Å². The van der Waals surface area contributed by atoms with Crippen LogP contribution in [0.4, 0.5) is 0 Å². The minimum Gasteiger partial charge on any atom is -0.367 e. The van der Waals surface area contributed by atoms with Gasteiger partial charge in [0.05, 0.1) is 0 Å². The summed E-state index contributed by atoms with van der Waals surface area (Å²) in [6.07, 6.45) is 4.05. The highest BCUT2D eigenvalue weighted by Crippen LogP contribution is 1.95. The van der Waals surface area contributed by atoms with Crippen LogP contribution in [0, 0.1) is 0 Å². The topological polar surface area (TPSA) is 44.9 Å². The first-order valence-corrected chi connectivity index (χ1v) is 4.30. The molecule has 4 heteroatoms. The molecule has 1 amide bonds. The molecular formula is C8H11ClN2O. The molecule has 66 valence electrons. The molecule has 0 aliphatic heterocycles. The molecule has 0 spiro atoms. The SMILES string of the molecule is O=C(CCCl)NCc1cc[nH]c1. The van der Waals surface area contributed by atoms with Crippen molar-refractivity contribution < 1.29 is 4.79 Å². The average Bonchev–Trinajstić information content (AvgIpc) is 2.53. The highest BCUT2D eigenvalue weighted by Gasteiger charge is 1.98. The summed E-state index contributed by atoms with van der Waals surface area (Å²) in [7, 11) is 0. The largest absolute Gasteiger partial charge is 0.367 e. The molecule has 0 unspecified atom stereocenters. The van der Waals surface area contributed by atoms with Gasteiger partial charge in [-0.1, -0.05) is 0 Å². The van der Waals surface area contributed by atoms with Gasteiger partial charge in [-0.15, -0.1) is 11.6 Å². The third-order valence-corrected chi connectivity index (χ3v) is 1.66. The molecule has 1 aromatic rings. The standard InChI is InChI=1S/C8H11ClN2O/c9-3-1-8(12)11-6-7-2-4-10-5-7/h2,4-5,10H,1,3,6H2,(H,11,12). The number of nitrogens with one attached hydrogen (secondary N) is 2. The molecule has 1 aromatic heterocycles. The smallest absolute Gasteiger partial charge is 0.221 e. The number of hydrogen-bond acceptors (Lipinski definition) is 1. The lowest BCUT2D eigenvalue weighted by Crippen LogP contribution is -2.22. The van der Waals surface area contributed by atoms with Gasteiger partial charge in [-0.3, -0.25) is 4.79 Å². The molecule has 3 nitrogen and oxygen atoms in total. The summed E-state index contributed by atoms with van der Waals surface area (Å²) in [6.45, 7) is 0.569. The summed E-state index contributed by atoms with van der Waals surface area (Å²) in [5, 5.41) is 2.74. The fraction of sp³-hybridized carbons (Fsp3) is 0.375. The van der Waals surface area contributed by atoms with Gasteiger partial charge in [0.15, 0.2) is 0 Å². The van der Waals surface area contributed by atoms with Gasteiger partial charge in [-0.2, -0.15) is 0 Å². The Kier molecular flexibility index (Phi) is 3.67. The van der Waals surface area contributed by atoms with E-state index in [1.165, 1.54) is 0 Å². The van der Waals surface area contributed by atoms with Crippen LogP contribution >= 0.6 is 11.6 Å². The van der Waals surface area contributed by atoms with Crippen molar-refractivity contribution in [2.24, 2.45) is 0 Å².